The second-order valence-corrected chi connectivity index (χ2v) is 5.27. The van der Waals surface area contributed by atoms with Gasteiger partial charge in [0.25, 0.3) is 0 Å². The molecule has 1 aromatic carbocycles. The molecule has 1 heterocycles. The second-order valence-electron chi connectivity index (χ2n) is 5.27. The van der Waals surface area contributed by atoms with Gasteiger partial charge in [-0.3, -0.25) is 0 Å². The fourth-order valence-corrected chi connectivity index (χ4v) is 2.84. The van der Waals surface area contributed by atoms with Gasteiger partial charge in [0.05, 0.1) is 0 Å². The van der Waals surface area contributed by atoms with Crippen molar-refractivity contribution >= 4 is 5.69 Å². The summed E-state index contributed by atoms with van der Waals surface area (Å²) < 4.78 is 0. The average Bonchev–Trinajstić information content (AvgIpc) is 2.53. The van der Waals surface area contributed by atoms with E-state index in [1.165, 1.54) is 17.7 Å². The molecule has 1 atom stereocenters. The van der Waals surface area contributed by atoms with E-state index in [0.717, 1.165) is 6.54 Å². The molecule has 2 nitrogen and oxygen atoms in total. The van der Waals surface area contributed by atoms with Gasteiger partial charge < -0.3 is 10.2 Å². The summed E-state index contributed by atoms with van der Waals surface area (Å²) in [7, 11) is 2.06. The summed E-state index contributed by atoms with van der Waals surface area (Å²) in [5, 5.41) is 3.43. The van der Waals surface area contributed by atoms with Crippen LogP contribution in [0.15, 0.2) is 24.3 Å². The fourth-order valence-electron chi connectivity index (χ4n) is 2.84. The Morgan fingerprint density at radius 2 is 2.12 bits per heavy atom. The van der Waals surface area contributed by atoms with Crippen LogP contribution in [0.1, 0.15) is 25.8 Å². The Balaban J connectivity index is 2.29. The third-order valence-electron chi connectivity index (χ3n) is 3.85. The number of aryl methyl sites for hydroxylation is 1. The standard InChI is InChI=1S/C14H22N2/c1-11-6-5-7-12(10-11)16-9-8-13(15-4)14(16,2)3/h5-7,10,13,15H,8-9H2,1-4H3. The van der Waals surface area contributed by atoms with Gasteiger partial charge in [0, 0.05) is 23.8 Å². The molecular weight excluding hydrogens is 196 g/mol. The van der Waals surface area contributed by atoms with Crippen LogP contribution in [0.4, 0.5) is 5.69 Å². The normalized spacial score (nSPS) is 23.8. The maximum absolute atomic E-state index is 3.43. The predicted octanol–water partition coefficient (Wildman–Crippen LogP) is 2.57. The molecule has 0 aliphatic carbocycles. The Labute approximate surface area is 98.7 Å². The first-order valence-corrected chi connectivity index (χ1v) is 6.07. The molecule has 1 unspecified atom stereocenters. The third kappa shape index (κ3) is 1.82. The van der Waals surface area contributed by atoms with Crippen molar-refractivity contribution in [1.82, 2.24) is 5.32 Å². The zero-order valence-electron chi connectivity index (χ0n) is 10.7. The van der Waals surface area contributed by atoms with Gasteiger partial charge in [0.2, 0.25) is 0 Å². The lowest BCUT2D eigenvalue weighted by Crippen LogP contribution is -2.50. The smallest absolute Gasteiger partial charge is 0.0499 e. The molecule has 2 heteroatoms. The molecule has 1 aliphatic rings. The molecule has 1 saturated heterocycles. The Morgan fingerprint density at radius 3 is 2.69 bits per heavy atom. The zero-order chi connectivity index (χ0) is 11.8. The van der Waals surface area contributed by atoms with Gasteiger partial charge in [0.15, 0.2) is 0 Å². The number of likely N-dealkylation sites (N-methyl/N-ethyl adjacent to an activating group) is 1. The van der Waals surface area contributed by atoms with Crippen molar-refractivity contribution < 1.29 is 0 Å². The summed E-state index contributed by atoms with van der Waals surface area (Å²) in [5.41, 5.74) is 2.88. The van der Waals surface area contributed by atoms with Gasteiger partial charge in [-0.15, -0.1) is 0 Å². The number of anilines is 1. The van der Waals surface area contributed by atoms with E-state index in [2.05, 4.69) is 62.3 Å². The molecule has 2 rings (SSSR count). The summed E-state index contributed by atoms with van der Waals surface area (Å²) >= 11 is 0. The van der Waals surface area contributed by atoms with Crippen molar-refractivity contribution in [2.45, 2.75) is 38.8 Å². The van der Waals surface area contributed by atoms with Crippen LogP contribution < -0.4 is 10.2 Å². The van der Waals surface area contributed by atoms with Crippen LogP contribution >= 0.6 is 0 Å². The van der Waals surface area contributed by atoms with Crippen LogP contribution in [0, 0.1) is 6.92 Å². The third-order valence-corrected chi connectivity index (χ3v) is 3.85. The van der Waals surface area contributed by atoms with Gasteiger partial charge in [-0.1, -0.05) is 12.1 Å². The molecule has 1 N–H and O–H groups in total. The Morgan fingerprint density at radius 1 is 1.38 bits per heavy atom. The van der Waals surface area contributed by atoms with Crippen LogP contribution in [0.3, 0.4) is 0 Å². The van der Waals surface area contributed by atoms with E-state index >= 15 is 0 Å². The van der Waals surface area contributed by atoms with Crippen molar-refractivity contribution in [2.24, 2.45) is 0 Å². The highest BCUT2D eigenvalue weighted by atomic mass is 15.3. The number of hydrogen-bond donors (Lipinski definition) is 1. The van der Waals surface area contributed by atoms with E-state index in [9.17, 15) is 0 Å². The molecule has 88 valence electrons. The number of rotatable bonds is 2. The molecule has 0 bridgehead atoms. The molecule has 1 aliphatic heterocycles. The fraction of sp³-hybridized carbons (Fsp3) is 0.571. The maximum Gasteiger partial charge on any atom is 0.0499 e. The number of hydrogen-bond acceptors (Lipinski definition) is 2. The van der Waals surface area contributed by atoms with Gasteiger partial charge in [-0.25, -0.2) is 0 Å². The minimum atomic E-state index is 0.197. The lowest BCUT2D eigenvalue weighted by atomic mass is 9.95. The zero-order valence-corrected chi connectivity index (χ0v) is 10.7. The average molecular weight is 218 g/mol. The van der Waals surface area contributed by atoms with Crippen molar-refractivity contribution in [3.63, 3.8) is 0 Å². The summed E-state index contributed by atoms with van der Waals surface area (Å²) in [6, 6.07) is 9.37. The largest absolute Gasteiger partial charge is 0.365 e. The molecule has 0 radical (unpaired) electrons. The van der Waals surface area contributed by atoms with Gasteiger partial charge in [-0.05, 0) is 51.9 Å². The first kappa shape index (κ1) is 11.5. The summed E-state index contributed by atoms with van der Waals surface area (Å²) in [4.78, 5) is 2.52. The Kier molecular flexibility index (Phi) is 2.94. The van der Waals surface area contributed by atoms with E-state index in [0.29, 0.717) is 6.04 Å². The molecule has 0 aromatic heterocycles. The molecule has 0 spiro atoms. The number of nitrogens with zero attached hydrogens (tertiary/aromatic N) is 1. The molecule has 0 amide bonds. The van der Waals surface area contributed by atoms with E-state index in [1.54, 1.807) is 0 Å². The van der Waals surface area contributed by atoms with Gasteiger partial charge in [-0.2, -0.15) is 0 Å². The summed E-state index contributed by atoms with van der Waals surface area (Å²) in [5.74, 6) is 0. The SMILES string of the molecule is CNC1CCN(c2cccc(C)c2)C1(C)C. The lowest BCUT2D eigenvalue weighted by molar-refractivity contribution is 0.403. The lowest BCUT2D eigenvalue weighted by Gasteiger charge is -2.37. The van der Waals surface area contributed by atoms with E-state index in [1.807, 2.05) is 0 Å². The Hall–Kier alpha value is -1.02. The van der Waals surface area contributed by atoms with Crippen molar-refractivity contribution in [2.75, 3.05) is 18.5 Å². The van der Waals surface area contributed by atoms with Crippen LogP contribution in [0.2, 0.25) is 0 Å². The molecule has 16 heavy (non-hydrogen) atoms. The molecule has 1 fully saturated rings. The maximum atomic E-state index is 3.43. The van der Waals surface area contributed by atoms with Crippen molar-refractivity contribution in [3.05, 3.63) is 29.8 Å². The first-order valence-electron chi connectivity index (χ1n) is 6.07. The summed E-state index contributed by atoms with van der Waals surface area (Å²) in [6.45, 7) is 7.94. The highest BCUT2D eigenvalue weighted by molar-refractivity contribution is 5.52. The quantitative estimate of drug-likeness (QED) is 0.820. The monoisotopic (exact) mass is 218 g/mol. The molecule has 1 aromatic rings. The first-order chi connectivity index (χ1) is 7.55. The number of benzene rings is 1. The van der Waals surface area contributed by atoms with E-state index in [4.69, 9.17) is 0 Å². The molecular formula is C14H22N2. The van der Waals surface area contributed by atoms with Crippen molar-refractivity contribution in [3.8, 4) is 0 Å². The van der Waals surface area contributed by atoms with Crippen LogP contribution in [-0.4, -0.2) is 25.2 Å². The highest BCUT2D eigenvalue weighted by Gasteiger charge is 2.40. The Bertz CT molecular complexity index is 371. The minimum absolute atomic E-state index is 0.197. The van der Waals surface area contributed by atoms with Crippen LogP contribution in [0.25, 0.3) is 0 Å². The molecule has 0 saturated carbocycles. The minimum Gasteiger partial charge on any atom is -0.365 e. The second kappa shape index (κ2) is 4.10. The van der Waals surface area contributed by atoms with E-state index in [-0.39, 0.29) is 5.54 Å². The van der Waals surface area contributed by atoms with Gasteiger partial charge in [0.1, 0.15) is 0 Å². The van der Waals surface area contributed by atoms with Crippen LogP contribution in [0.5, 0.6) is 0 Å². The summed E-state index contributed by atoms with van der Waals surface area (Å²) in [6.07, 6.45) is 1.22. The predicted molar refractivity (Wildman–Crippen MR) is 70.1 cm³/mol. The van der Waals surface area contributed by atoms with Gasteiger partial charge >= 0.3 is 0 Å². The van der Waals surface area contributed by atoms with Crippen LogP contribution in [-0.2, 0) is 0 Å². The van der Waals surface area contributed by atoms with E-state index < -0.39 is 0 Å². The number of nitrogens with one attached hydrogen (secondary N) is 1. The topological polar surface area (TPSA) is 15.3 Å². The van der Waals surface area contributed by atoms with Crippen molar-refractivity contribution in [1.29, 1.82) is 0 Å². The highest BCUT2D eigenvalue weighted by Crippen LogP contribution is 2.33.